The zero-order chi connectivity index (χ0) is 19.0. The number of benzene rings is 1. The Bertz CT molecular complexity index is 968. The van der Waals surface area contributed by atoms with Crippen molar-refractivity contribution >= 4 is 47.6 Å². The van der Waals surface area contributed by atoms with Crippen LogP contribution in [0.3, 0.4) is 0 Å². The van der Waals surface area contributed by atoms with Crippen molar-refractivity contribution < 1.29 is 4.79 Å². The molecule has 1 aromatic carbocycles. The van der Waals surface area contributed by atoms with Crippen LogP contribution < -0.4 is 10.6 Å². The van der Waals surface area contributed by atoms with Crippen molar-refractivity contribution in [1.29, 1.82) is 0 Å². The van der Waals surface area contributed by atoms with E-state index in [9.17, 15) is 4.79 Å². The number of anilines is 1. The Hall–Kier alpha value is -2.42. The molecule has 0 saturated carbocycles. The fourth-order valence-electron chi connectivity index (χ4n) is 3.45. The first-order chi connectivity index (χ1) is 13.0. The minimum Gasteiger partial charge on any atom is -0.352 e. The van der Waals surface area contributed by atoms with Crippen LogP contribution in [0.15, 0.2) is 36.8 Å². The van der Waals surface area contributed by atoms with Gasteiger partial charge in [0.05, 0.1) is 11.6 Å². The molecule has 3 aromatic rings. The molecular weight excluding hydrogens is 413 g/mol. The fourth-order valence-corrected chi connectivity index (χ4v) is 3.45. The van der Waals surface area contributed by atoms with Crippen molar-refractivity contribution in [2.24, 2.45) is 12.8 Å². The maximum atomic E-state index is 12.8. The van der Waals surface area contributed by atoms with E-state index >= 15 is 0 Å². The number of hydrogen-bond acceptors (Lipinski definition) is 6. The molecule has 1 aliphatic rings. The van der Waals surface area contributed by atoms with Gasteiger partial charge in [-0.15, -0.1) is 24.8 Å². The number of aromatic nitrogens is 4. The Morgan fingerprint density at radius 1 is 1.07 bits per heavy atom. The fraction of sp³-hybridized carbons (Fsp3) is 0.368. The van der Waals surface area contributed by atoms with Gasteiger partial charge in [-0.1, -0.05) is 29.8 Å². The first-order valence-electron chi connectivity index (χ1n) is 9.03. The normalized spacial score (nSPS) is 14.9. The molecule has 1 fully saturated rings. The van der Waals surface area contributed by atoms with Gasteiger partial charge in [-0.05, 0) is 12.5 Å². The van der Waals surface area contributed by atoms with E-state index < -0.39 is 6.04 Å². The summed E-state index contributed by atoms with van der Waals surface area (Å²) < 4.78 is 1.74. The van der Waals surface area contributed by atoms with Crippen LogP contribution in [0.1, 0.15) is 17.2 Å². The van der Waals surface area contributed by atoms with Crippen LogP contribution in [0.4, 0.5) is 5.82 Å². The molecule has 1 aliphatic heterocycles. The standard InChI is InChI=1S/C19H23N7O.2ClH/c1-13-3-5-14(6-4-13)16(20)19(27)26-9-7-25(8-10-26)18-15-11-23-24(2)17(15)21-12-22-18;;/h3-6,11-12,16H,7-10,20H2,1-2H3;2*1H. The number of fused-ring (bicyclic) bond motifs is 1. The average molecular weight is 438 g/mol. The molecule has 0 bridgehead atoms. The van der Waals surface area contributed by atoms with Crippen LogP contribution in [0.2, 0.25) is 0 Å². The lowest BCUT2D eigenvalue weighted by Crippen LogP contribution is -2.51. The van der Waals surface area contributed by atoms with E-state index in [1.165, 1.54) is 0 Å². The van der Waals surface area contributed by atoms with Gasteiger partial charge in [0.25, 0.3) is 0 Å². The maximum Gasteiger partial charge on any atom is 0.244 e. The summed E-state index contributed by atoms with van der Waals surface area (Å²) in [4.78, 5) is 25.5. The summed E-state index contributed by atoms with van der Waals surface area (Å²) in [6, 6.07) is 7.19. The lowest BCUT2D eigenvalue weighted by atomic mass is 10.0. The number of carbonyl (C=O) groups excluding carboxylic acids is 1. The molecule has 1 amide bonds. The minimum atomic E-state index is -0.624. The van der Waals surface area contributed by atoms with Gasteiger partial charge in [0.1, 0.15) is 18.2 Å². The van der Waals surface area contributed by atoms with E-state index in [2.05, 4.69) is 20.0 Å². The van der Waals surface area contributed by atoms with E-state index in [1.54, 1.807) is 17.2 Å². The third-order valence-electron chi connectivity index (χ3n) is 5.10. The van der Waals surface area contributed by atoms with Gasteiger partial charge in [-0.2, -0.15) is 5.10 Å². The van der Waals surface area contributed by atoms with E-state index in [4.69, 9.17) is 5.73 Å². The highest BCUT2D eigenvalue weighted by Crippen LogP contribution is 2.24. The van der Waals surface area contributed by atoms with E-state index in [-0.39, 0.29) is 30.7 Å². The highest BCUT2D eigenvalue weighted by molar-refractivity contribution is 5.87. The van der Waals surface area contributed by atoms with Crippen molar-refractivity contribution in [3.05, 3.63) is 47.9 Å². The van der Waals surface area contributed by atoms with Crippen molar-refractivity contribution in [2.75, 3.05) is 31.1 Å². The van der Waals surface area contributed by atoms with Gasteiger partial charge < -0.3 is 15.5 Å². The quantitative estimate of drug-likeness (QED) is 0.671. The van der Waals surface area contributed by atoms with Gasteiger partial charge in [-0.3, -0.25) is 9.48 Å². The Labute approximate surface area is 181 Å². The summed E-state index contributed by atoms with van der Waals surface area (Å²) in [5.74, 6) is 0.829. The summed E-state index contributed by atoms with van der Waals surface area (Å²) >= 11 is 0. The summed E-state index contributed by atoms with van der Waals surface area (Å²) in [5.41, 5.74) is 9.01. The maximum absolute atomic E-state index is 12.8. The average Bonchev–Trinajstić information content (AvgIpc) is 3.09. The van der Waals surface area contributed by atoms with Gasteiger partial charge >= 0.3 is 0 Å². The van der Waals surface area contributed by atoms with Gasteiger partial charge in [0, 0.05) is 33.2 Å². The highest BCUT2D eigenvalue weighted by Gasteiger charge is 2.27. The summed E-state index contributed by atoms with van der Waals surface area (Å²) in [5, 5.41) is 5.19. The largest absolute Gasteiger partial charge is 0.352 e. The summed E-state index contributed by atoms with van der Waals surface area (Å²) in [6.07, 6.45) is 3.35. The summed E-state index contributed by atoms with van der Waals surface area (Å²) in [7, 11) is 1.86. The SMILES string of the molecule is Cc1ccc(C(N)C(=O)N2CCN(c3ncnc4c3cnn4C)CC2)cc1.Cl.Cl. The van der Waals surface area contributed by atoms with Gasteiger partial charge in [0.2, 0.25) is 5.91 Å². The number of piperazine rings is 1. The number of aryl methyl sites for hydroxylation is 2. The van der Waals surface area contributed by atoms with Crippen LogP contribution in [0, 0.1) is 6.92 Å². The predicted molar refractivity (Wildman–Crippen MR) is 118 cm³/mol. The van der Waals surface area contributed by atoms with Crippen molar-refractivity contribution in [2.45, 2.75) is 13.0 Å². The Morgan fingerprint density at radius 3 is 2.38 bits per heavy atom. The minimum absolute atomic E-state index is 0. The predicted octanol–water partition coefficient (Wildman–Crippen LogP) is 1.86. The first kappa shape index (κ1) is 22.9. The van der Waals surface area contributed by atoms with E-state index in [0.29, 0.717) is 26.2 Å². The molecule has 0 radical (unpaired) electrons. The molecule has 4 rings (SSSR count). The molecule has 29 heavy (non-hydrogen) atoms. The van der Waals surface area contributed by atoms with E-state index in [1.807, 2.05) is 43.1 Å². The number of carbonyl (C=O) groups is 1. The van der Waals surface area contributed by atoms with Crippen LogP contribution in [-0.4, -0.2) is 56.7 Å². The van der Waals surface area contributed by atoms with Crippen LogP contribution in [-0.2, 0) is 11.8 Å². The van der Waals surface area contributed by atoms with Gasteiger partial charge in [-0.25, -0.2) is 9.97 Å². The molecule has 1 atom stereocenters. The second-order valence-electron chi connectivity index (χ2n) is 6.90. The monoisotopic (exact) mass is 437 g/mol. The lowest BCUT2D eigenvalue weighted by Gasteiger charge is -2.36. The zero-order valence-corrected chi connectivity index (χ0v) is 18.0. The second kappa shape index (κ2) is 9.39. The molecule has 1 unspecified atom stereocenters. The molecule has 0 spiro atoms. The first-order valence-corrected chi connectivity index (χ1v) is 9.03. The number of rotatable bonds is 3. The third-order valence-corrected chi connectivity index (χ3v) is 5.10. The van der Waals surface area contributed by atoms with Crippen molar-refractivity contribution in [3.63, 3.8) is 0 Å². The van der Waals surface area contributed by atoms with Gasteiger partial charge in [0.15, 0.2) is 5.65 Å². The number of amides is 1. The molecule has 2 aromatic heterocycles. The topological polar surface area (TPSA) is 93.2 Å². The van der Waals surface area contributed by atoms with Crippen LogP contribution in [0.25, 0.3) is 11.0 Å². The van der Waals surface area contributed by atoms with Crippen LogP contribution in [0.5, 0.6) is 0 Å². The lowest BCUT2D eigenvalue weighted by molar-refractivity contribution is -0.133. The number of halogens is 2. The van der Waals surface area contributed by atoms with Crippen LogP contribution >= 0.6 is 24.8 Å². The third kappa shape index (κ3) is 4.44. The number of nitrogens with two attached hydrogens (primary N) is 1. The molecule has 3 heterocycles. The van der Waals surface area contributed by atoms with E-state index in [0.717, 1.165) is 28.0 Å². The summed E-state index contributed by atoms with van der Waals surface area (Å²) in [6.45, 7) is 4.65. The van der Waals surface area contributed by atoms with Crippen molar-refractivity contribution in [1.82, 2.24) is 24.6 Å². The van der Waals surface area contributed by atoms with Crippen molar-refractivity contribution in [3.8, 4) is 0 Å². The zero-order valence-electron chi connectivity index (χ0n) is 16.4. The molecule has 0 aliphatic carbocycles. The highest BCUT2D eigenvalue weighted by atomic mass is 35.5. The molecular formula is C19H25Cl2N7O. The number of hydrogen-bond donors (Lipinski definition) is 1. The molecule has 8 nitrogen and oxygen atoms in total. The molecule has 1 saturated heterocycles. The Kier molecular flexibility index (Phi) is 7.40. The Morgan fingerprint density at radius 2 is 1.72 bits per heavy atom. The molecule has 156 valence electrons. The number of nitrogens with zero attached hydrogens (tertiary/aromatic N) is 6. The smallest absolute Gasteiger partial charge is 0.244 e. The molecule has 2 N–H and O–H groups in total. The molecule has 10 heteroatoms. The second-order valence-corrected chi connectivity index (χ2v) is 6.90. The Balaban J connectivity index is 0.00000150.